The standard InChI is InChI=1S/2C22H28N4O3S/c2*1-16-5-9-19(10-6-16)13-26(14-20-11-7-17(2)8-12-20)30(28,29)18(3)21(27)22-23-15-24-25(22)4/h2*5-12,15,18,21,27H,13-14H2,1-4H3/t18-,21+;18-,21-/m01/s1. The molecule has 0 fully saturated rings. The molecule has 0 saturated heterocycles. The molecule has 4 atom stereocenters. The minimum absolute atomic E-state index is 0.215. The SMILES string of the molecule is Cc1ccc(CN(Cc2ccc(C)cc2)S(=O)(=O)[C@@H](C)[C@@H](O)c2ncnn2C)cc1.Cc1ccc(CN(Cc2ccc(C)cc2)S(=O)(=O)[C@H](C)[C@@H](O)c2ncnn2C)cc1. The van der Waals surface area contributed by atoms with Crippen LogP contribution in [0.15, 0.2) is 110 Å². The molecule has 0 aliphatic rings. The van der Waals surface area contributed by atoms with Crippen molar-refractivity contribution in [1.29, 1.82) is 0 Å². The Morgan fingerprint density at radius 1 is 0.483 bits per heavy atom. The van der Waals surface area contributed by atoms with Crippen molar-refractivity contribution in [3.8, 4) is 0 Å². The van der Waals surface area contributed by atoms with E-state index in [0.29, 0.717) is 0 Å². The minimum Gasteiger partial charge on any atom is -0.384 e. The molecule has 16 heteroatoms. The number of rotatable bonds is 16. The van der Waals surface area contributed by atoms with E-state index < -0.39 is 42.8 Å². The zero-order valence-corrected chi connectivity index (χ0v) is 37.1. The lowest BCUT2D eigenvalue weighted by atomic mass is 10.1. The Labute approximate surface area is 354 Å². The molecule has 320 valence electrons. The summed E-state index contributed by atoms with van der Waals surface area (Å²) in [5.74, 6) is 0.438. The van der Waals surface area contributed by atoms with E-state index in [9.17, 15) is 27.0 Å². The number of aliphatic hydroxyl groups is 2. The van der Waals surface area contributed by atoms with Gasteiger partial charge in [-0.2, -0.15) is 18.8 Å². The van der Waals surface area contributed by atoms with Gasteiger partial charge in [0.2, 0.25) is 20.0 Å². The van der Waals surface area contributed by atoms with E-state index in [1.807, 2.05) is 125 Å². The quantitative estimate of drug-likeness (QED) is 0.122. The van der Waals surface area contributed by atoms with Crippen LogP contribution in [0.3, 0.4) is 0 Å². The van der Waals surface area contributed by atoms with Crippen LogP contribution in [0.5, 0.6) is 0 Å². The number of hydrogen-bond acceptors (Lipinski definition) is 10. The zero-order valence-electron chi connectivity index (χ0n) is 35.5. The molecule has 0 aliphatic carbocycles. The molecule has 6 aromatic rings. The maximum Gasteiger partial charge on any atom is 0.220 e. The van der Waals surface area contributed by atoms with E-state index in [2.05, 4.69) is 20.2 Å². The van der Waals surface area contributed by atoms with Crippen molar-refractivity contribution in [3.63, 3.8) is 0 Å². The highest BCUT2D eigenvalue weighted by molar-refractivity contribution is 7.90. The molecule has 0 spiro atoms. The van der Waals surface area contributed by atoms with Crippen molar-refractivity contribution in [2.75, 3.05) is 0 Å². The van der Waals surface area contributed by atoms with Crippen LogP contribution in [-0.4, -0.2) is 75.7 Å². The van der Waals surface area contributed by atoms with Crippen molar-refractivity contribution < 1.29 is 27.0 Å². The number of aryl methyl sites for hydroxylation is 6. The van der Waals surface area contributed by atoms with Gasteiger partial charge in [0.05, 0.1) is 0 Å². The number of sulfonamides is 2. The third-order valence-corrected chi connectivity index (χ3v) is 14.8. The zero-order chi connectivity index (χ0) is 43.8. The molecule has 60 heavy (non-hydrogen) atoms. The van der Waals surface area contributed by atoms with Crippen LogP contribution in [0.1, 0.15) is 82.2 Å². The van der Waals surface area contributed by atoms with E-state index in [-0.39, 0.29) is 37.8 Å². The van der Waals surface area contributed by atoms with Crippen molar-refractivity contribution in [1.82, 2.24) is 38.1 Å². The highest BCUT2D eigenvalue weighted by Crippen LogP contribution is 2.28. The summed E-state index contributed by atoms with van der Waals surface area (Å²) < 4.78 is 59.7. The first kappa shape index (κ1) is 46.0. The van der Waals surface area contributed by atoms with Gasteiger partial charge in [0.1, 0.15) is 35.4 Å². The van der Waals surface area contributed by atoms with Crippen LogP contribution in [0, 0.1) is 27.7 Å². The Kier molecular flexibility index (Phi) is 15.3. The van der Waals surface area contributed by atoms with E-state index in [0.717, 1.165) is 44.5 Å². The lowest BCUT2D eigenvalue weighted by molar-refractivity contribution is 0.157. The summed E-state index contributed by atoms with van der Waals surface area (Å²) in [5.41, 5.74) is 7.98. The normalized spacial score (nSPS) is 14.1. The molecular weight excluding hydrogens is 801 g/mol. The van der Waals surface area contributed by atoms with Crippen LogP contribution in [0.2, 0.25) is 0 Å². The van der Waals surface area contributed by atoms with Gasteiger partial charge in [-0.25, -0.2) is 26.8 Å². The monoisotopic (exact) mass is 856 g/mol. The van der Waals surface area contributed by atoms with Crippen LogP contribution in [-0.2, 0) is 60.3 Å². The third kappa shape index (κ3) is 11.6. The fourth-order valence-electron chi connectivity index (χ4n) is 6.42. The second-order valence-electron chi connectivity index (χ2n) is 15.4. The summed E-state index contributed by atoms with van der Waals surface area (Å²) in [5, 5.41) is 27.1. The molecule has 0 radical (unpaired) electrons. The van der Waals surface area contributed by atoms with Crippen LogP contribution >= 0.6 is 0 Å². The Bertz CT molecular complexity index is 2230. The molecule has 0 amide bonds. The number of aromatic nitrogens is 6. The first-order valence-corrected chi connectivity index (χ1v) is 22.6. The van der Waals surface area contributed by atoms with Gasteiger partial charge in [0.25, 0.3) is 0 Å². The average molecular weight is 857 g/mol. The summed E-state index contributed by atoms with van der Waals surface area (Å²) >= 11 is 0. The van der Waals surface area contributed by atoms with E-state index in [1.165, 1.54) is 44.5 Å². The van der Waals surface area contributed by atoms with Crippen LogP contribution in [0.4, 0.5) is 0 Å². The van der Waals surface area contributed by atoms with Gasteiger partial charge in [-0.15, -0.1) is 0 Å². The number of hydrogen-bond donors (Lipinski definition) is 2. The second kappa shape index (κ2) is 20.0. The topological polar surface area (TPSA) is 177 Å². The minimum atomic E-state index is -3.86. The Balaban J connectivity index is 0.000000228. The van der Waals surface area contributed by atoms with Crippen molar-refractivity contribution in [2.24, 2.45) is 14.1 Å². The van der Waals surface area contributed by atoms with Gasteiger partial charge in [-0.05, 0) is 63.8 Å². The first-order valence-electron chi connectivity index (χ1n) is 19.6. The molecule has 4 aromatic carbocycles. The van der Waals surface area contributed by atoms with E-state index >= 15 is 0 Å². The highest BCUT2D eigenvalue weighted by atomic mass is 32.2. The highest BCUT2D eigenvalue weighted by Gasteiger charge is 2.38. The average Bonchev–Trinajstić information content (AvgIpc) is 3.87. The smallest absolute Gasteiger partial charge is 0.220 e. The van der Waals surface area contributed by atoms with Gasteiger partial charge in [-0.3, -0.25) is 9.36 Å². The Hall–Kier alpha value is -5.10. The van der Waals surface area contributed by atoms with Gasteiger partial charge in [0.15, 0.2) is 11.6 Å². The molecule has 0 unspecified atom stereocenters. The molecular formula is C44H56N8O6S2. The lowest BCUT2D eigenvalue weighted by Crippen LogP contribution is -2.40. The summed E-state index contributed by atoms with van der Waals surface area (Å²) in [6, 6.07) is 31.1. The molecule has 0 saturated carbocycles. The summed E-state index contributed by atoms with van der Waals surface area (Å²) in [4.78, 5) is 8.03. The van der Waals surface area contributed by atoms with E-state index in [4.69, 9.17) is 0 Å². The van der Waals surface area contributed by atoms with Crippen molar-refractivity contribution in [3.05, 3.63) is 166 Å². The fourth-order valence-corrected chi connectivity index (χ4v) is 9.57. The maximum absolute atomic E-state index is 13.5. The van der Waals surface area contributed by atoms with Gasteiger partial charge in [0, 0.05) is 40.3 Å². The maximum atomic E-state index is 13.5. The largest absolute Gasteiger partial charge is 0.384 e. The fraction of sp³-hybridized carbons (Fsp3) is 0.364. The van der Waals surface area contributed by atoms with Gasteiger partial charge >= 0.3 is 0 Å². The van der Waals surface area contributed by atoms with Gasteiger partial charge < -0.3 is 10.2 Å². The molecule has 2 heterocycles. The third-order valence-electron chi connectivity index (χ3n) is 10.5. The summed E-state index contributed by atoms with van der Waals surface area (Å²) in [7, 11) is -4.46. The van der Waals surface area contributed by atoms with E-state index in [1.54, 1.807) is 14.1 Å². The molecule has 0 aliphatic heterocycles. The Morgan fingerprint density at radius 2 is 0.717 bits per heavy atom. The molecule has 2 N–H and O–H groups in total. The number of benzene rings is 4. The predicted molar refractivity (Wildman–Crippen MR) is 232 cm³/mol. The van der Waals surface area contributed by atoms with Crippen molar-refractivity contribution in [2.45, 2.75) is 90.4 Å². The number of aliphatic hydroxyl groups excluding tert-OH is 2. The lowest BCUT2D eigenvalue weighted by Gasteiger charge is -2.28. The molecule has 14 nitrogen and oxygen atoms in total. The van der Waals surface area contributed by atoms with Crippen LogP contribution in [0.25, 0.3) is 0 Å². The van der Waals surface area contributed by atoms with Gasteiger partial charge in [-0.1, -0.05) is 119 Å². The summed E-state index contributed by atoms with van der Waals surface area (Å²) in [6.07, 6.45) is 0.0183. The van der Waals surface area contributed by atoms with Crippen molar-refractivity contribution >= 4 is 20.0 Å². The number of nitrogens with zero attached hydrogens (tertiary/aromatic N) is 8. The summed E-state index contributed by atoms with van der Waals surface area (Å²) in [6.45, 7) is 11.8. The molecule has 0 bridgehead atoms. The first-order chi connectivity index (χ1) is 28.4. The second-order valence-corrected chi connectivity index (χ2v) is 19.9. The predicted octanol–water partition coefficient (Wildman–Crippen LogP) is 5.77. The van der Waals surface area contributed by atoms with Crippen LogP contribution < -0.4 is 0 Å². The molecule has 2 aromatic heterocycles. The Morgan fingerprint density at radius 3 is 0.917 bits per heavy atom. The molecule has 6 rings (SSSR count).